The van der Waals surface area contributed by atoms with Gasteiger partial charge in [0.05, 0.1) is 5.92 Å². The van der Waals surface area contributed by atoms with Crippen LogP contribution in [0.25, 0.3) is 0 Å². The van der Waals surface area contributed by atoms with Crippen LogP contribution in [-0.4, -0.2) is 6.18 Å². The second kappa shape index (κ2) is 4.74. The summed E-state index contributed by atoms with van der Waals surface area (Å²) in [6, 6.07) is 6.90. The lowest BCUT2D eigenvalue weighted by Gasteiger charge is -2.39. The Morgan fingerprint density at radius 1 is 1.28 bits per heavy atom. The van der Waals surface area contributed by atoms with Crippen molar-refractivity contribution in [3.8, 4) is 0 Å². The molecule has 1 fully saturated rings. The van der Waals surface area contributed by atoms with Crippen molar-refractivity contribution in [1.82, 2.24) is 0 Å². The first kappa shape index (κ1) is 13.7. The number of nitrogens with two attached hydrogens (primary N) is 1. The van der Waals surface area contributed by atoms with Crippen molar-refractivity contribution in [2.24, 2.45) is 11.7 Å². The summed E-state index contributed by atoms with van der Waals surface area (Å²) in [5.74, 6) is -1.33. The van der Waals surface area contributed by atoms with Gasteiger partial charge in [0, 0.05) is 10.6 Å². The second-order valence-electron chi connectivity index (χ2n) is 4.97. The fourth-order valence-electron chi connectivity index (χ4n) is 2.70. The largest absolute Gasteiger partial charge is 0.391 e. The molecule has 1 aliphatic rings. The minimum Gasteiger partial charge on any atom is -0.321 e. The lowest BCUT2D eigenvalue weighted by atomic mass is 9.72. The van der Waals surface area contributed by atoms with Gasteiger partial charge in [-0.3, -0.25) is 0 Å². The van der Waals surface area contributed by atoms with E-state index in [2.05, 4.69) is 0 Å². The molecule has 2 atom stereocenters. The molecule has 0 bridgehead atoms. The highest BCUT2D eigenvalue weighted by molar-refractivity contribution is 6.31. The maximum Gasteiger partial charge on any atom is 0.391 e. The molecule has 2 N–H and O–H groups in total. The van der Waals surface area contributed by atoms with Crippen LogP contribution in [0.15, 0.2) is 24.3 Å². The Balaban J connectivity index is 2.29. The molecule has 0 saturated heterocycles. The molecule has 0 aliphatic heterocycles. The molecule has 1 aromatic carbocycles. The first-order valence-electron chi connectivity index (χ1n) is 5.93. The first-order valence-corrected chi connectivity index (χ1v) is 6.31. The Kier molecular flexibility index (Phi) is 3.60. The average Bonchev–Trinajstić information content (AvgIpc) is 2.28. The van der Waals surface area contributed by atoms with Crippen LogP contribution in [0.1, 0.15) is 31.2 Å². The summed E-state index contributed by atoms with van der Waals surface area (Å²) in [5, 5.41) is 0.447. The van der Waals surface area contributed by atoms with Crippen LogP contribution in [0.3, 0.4) is 0 Å². The predicted molar refractivity (Wildman–Crippen MR) is 65.3 cm³/mol. The number of hydrogen-bond donors (Lipinski definition) is 1. The molecule has 18 heavy (non-hydrogen) atoms. The fraction of sp³-hybridized carbons (Fsp3) is 0.538. The normalized spacial score (nSPS) is 29.3. The summed E-state index contributed by atoms with van der Waals surface area (Å²) in [6.45, 7) is 0. The summed E-state index contributed by atoms with van der Waals surface area (Å²) in [6.07, 6.45) is -3.07. The maximum absolute atomic E-state index is 12.8. The maximum atomic E-state index is 12.8. The van der Waals surface area contributed by atoms with E-state index >= 15 is 0 Å². The van der Waals surface area contributed by atoms with Crippen LogP contribution in [0.5, 0.6) is 0 Å². The van der Waals surface area contributed by atoms with E-state index in [1.165, 1.54) is 0 Å². The molecule has 2 unspecified atom stereocenters. The Bertz CT molecular complexity index is 432. The molecule has 1 nitrogen and oxygen atoms in total. The van der Waals surface area contributed by atoms with Gasteiger partial charge >= 0.3 is 6.18 Å². The number of rotatable bonds is 1. The smallest absolute Gasteiger partial charge is 0.321 e. The van der Waals surface area contributed by atoms with Gasteiger partial charge in [0.25, 0.3) is 0 Å². The van der Waals surface area contributed by atoms with Gasteiger partial charge in [0.2, 0.25) is 0 Å². The van der Waals surface area contributed by atoms with Crippen LogP contribution >= 0.6 is 11.6 Å². The van der Waals surface area contributed by atoms with Gasteiger partial charge in [-0.25, -0.2) is 0 Å². The highest BCUT2D eigenvalue weighted by Gasteiger charge is 2.47. The Morgan fingerprint density at radius 2 is 1.94 bits per heavy atom. The topological polar surface area (TPSA) is 26.0 Å². The van der Waals surface area contributed by atoms with E-state index in [9.17, 15) is 13.2 Å². The second-order valence-corrected chi connectivity index (χ2v) is 5.38. The number of alkyl halides is 3. The molecule has 100 valence electrons. The van der Waals surface area contributed by atoms with Crippen LogP contribution in [0.4, 0.5) is 13.2 Å². The third kappa shape index (κ3) is 2.64. The first-order chi connectivity index (χ1) is 8.33. The minimum absolute atomic E-state index is 0.0831. The van der Waals surface area contributed by atoms with E-state index in [-0.39, 0.29) is 12.8 Å². The molecule has 1 aromatic rings. The van der Waals surface area contributed by atoms with Gasteiger partial charge in [-0.2, -0.15) is 13.2 Å². The third-order valence-electron chi connectivity index (χ3n) is 3.66. The van der Waals surface area contributed by atoms with Crippen molar-refractivity contribution in [3.63, 3.8) is 0 Å². The molecule has 0 amide bonds. The molecular weight excluding hydrogens is 263 g/mol. The van der Waals surface area contributed by atoms with Crippen molar-refractivity contribution >= 4 is 11.6 Å². The van der Waals surface area contributed by atoms with Crippen molar-refractivity contribution in [3.05, 3.63) is 34.9 Å². The highest BCUT2D eigenvalue weighted by Crippen LogP contribution is 2.46. The quantitative estimate of drug-likeness (QED) is 0.816. The zero-order valence-electron chi connectivity index (χ0n) is 9.80. The van der Waals surface area contributed by atoms with Crippen LogP contribution in [0, 0.1) is 5.92 Å². The molecule has 2 rings (SSSR count). The standard InChI is InChI=1S/C13H15ClF3N/c14-11-6-2-1-5-10(11)12(18)7-3-4-9(8-12)13(15,16)17/h1-2,5-6,9H,3-4,7-8,18H2. The fourth-order valence-corrected chi connectivity index (χ4v) is 3.02. The van der Waals surface area contributed by atoms with Crippen LogP contribution < -0.4 is 5.73 Å². The van der Waals surface area contributed by atoms with E-state index in [4.69, 9.17) is 17.3 Å². The Morgan fingerprint density at radius 3 is 2.56 bits per heavy atom. The summed E-state index contributed by atoms with van der Waals surface area (Å²) >= 11 is 6.05. The molecule has 0 spiro atoms. The molecule has 0 heterocycles. The Hall–Kier alpha value is -0.740. The van der Waals surface area contributed by atoms with Crippen molar-refractivity contribution in [2.45, 2.75) is 37.4 Å². The summed E-state index contributed by atoms with van der Waals surface area (Å²) in [4.78, 5) is 0. The molecule has 1 saturated carbocycles. The van der Waals surface area contributed by atoms with E-state index < -0.39 is 17.6 Å². The van der Waals surface area contributed by atoms with Crippen molar-refractivity contribution < 1.29 is 13.2 Å². The lowest BCUT2D eigenvalue weighted by Crippen LogP contribution is -2.45. The van der Waals surface area contributed by atoms with E-state index in [1.807, 2.05) is 0 Å². The van der Waals surface area contributed by atoms with Gasteiger partial charge in [0.1, 0.15) is 0 Å². The van der Waals surface area contributed by atoms with E-state index in [1.54, 1.807) is 24.3 Å². The number of benzene rings is 1. The summed E-state index contributed by atoms with van der Waals surface area (Å²) in [7, 11) is 0. The van der Waals surface area contributed by atoms with Crippen LogP contribution in [0.2, 0.25) is 5.02 Å². The van der Waals surface area contributed by atoms with E-state index in [0.29, 0.717) is 23.4 Å². The predicted octanol–water partition coefficient (Wildman–Crippen LogP) is 4.25. The van der Waals surface area contributed by atoms with Crippen molar-refractivity contribution in [2.75, 3.05) is 0 Å². The SMILES string of the molecule is NC1(c2ccccc2Cl)CCCC(C(F)(F)F)C1. The minimum atomic E-state index is -4.17. The molecule has 1 aliphatic carbocycles. The van der Waals surface area contributed by atoms with E-state index in [0.717, 1.165) is 0 Å². The summed E-state index contributed by atoms with van der Waals surface area (Å²) < 4.78 is 38.4. The van der Waals surface area contributed by atoms with Gasteiger partial charge in [-0.15, -0.1) is 0 Å². The van der Waals surface area contributed by atoms with Crippen LogP contribution in [-0.2, 0) is 5.54 Å². The monoisotopic (exact) mass is 277 g/mol. The summed E-state index contributed by atoms with van der Waals surface area (Å²) in [5.41, 5.74) is 5.85. The van der Waals surface area contributed by atoms with Crippen molar-refractivity contribution in [1.29, 1.82) is 0 Å². The molecule has 0 aromatic heterocycles. The zero-order chi connectivity index (χ0) is 13.4. The lowest BCUT2D eigenvalue weighted by molar-refractivity contribution is -0.187. The number of hydrogen-bond acceptors (Lipinski definition) is 1. The highest BCUT2D eigenvalue weighted by atomic mass is 35.5. The third-order valence-corrected chi connectivity index (χ3v) is 3.99. The van der Waals surface area contributed by atoms with Gasteiger partial charge in [-0.1, -0.05) is 36.2 Å². The van der Waals surface area contributed by atoms with Gasteiger partial charge in [-0.05, 0) is 30.9 Å². The average molecular weight is 278 g/mol. The zero-order valence-corrected chi connectivity index (χ0v) is 10.6. The molecule has 0 radical (unpaired) electrons. The molecule has 5 heteroatoms. The van der Waals surface area contributed by atoms with Gasteiger partial charge < -0.3 is 5.73 Å². The Labute approximate surface area is 109 Å². The molecular formula is C13H15ClF3N. The number of halogens is 4. The van der Waals surface area contributed by atoms with Gasteiger partial charge in [0.15, 0.2) is 0 Å².